The molecule has 154 valence electrons. The molecule has 5 rings (SSSR count). The fourth-order valence-corrected chi connectivity index (χ4v) is 4.40. The third kappa shape index (κ3) is 3.92. The Balaban J connectivity index is 1.58. The molecule has 6 nitrogen and oxygen atoms in total. The third-order valence-electron chi connectivity index (χ3n) is 4.96. The zero-order valence-electron chi connectivity index (χ0n) is 17.0. The molecule has 0 aliphatic rings. The molecular formula is C24H21N5OS. The maximum absolute atomic E-state index is 5.62. The Morgan fingerprint density at radius 1 is 1.00 bits per heavy atom. The third-order valence-corrected chi connectivity index (χ3v) is 5.96. The first-order valence-corrected chi connectivity index (χ1v) is 11.1. The van der Waals surface area contributed by atoms with Gasteiger partial charge in [-0.2, -0.15) is 0 Å². The average molecular weight is 428 g/mol. The van der Waals surface area contributed by atoms with E-state index in [0.29, 0.717) is 6.61 Å². The fraction of sp³-hybridized carbons (Fsp3) is 0.125. The van der Waals surface area contributed by atoms with Crippen LogP contribution in [0.5, 0.6) is 5.75 Å². The molecule has 2 aromatic carbocycles. The predicted octanol–water partition coefficient (Wildman–Crippen LogP) is 5.50. The number of thioether (sulfide) groups is 1. The summed E-state index contributed by atoms with van der Waals surface area (Å²) in [5.74, 6) is 2.41. The van der Waals surface area contributed by atoms with Gasteiger partial charge in [-0.05, 0) is 48.9 Å². The van der Waals surface area contributed by atoms with Gasteiger partial charge in [0, 0.05) is 46.5 Å². The fourth-order valence-electron chi connectivity index (χ4n) is 3.52. The number of pyridine rings is 1. The molecule has 0 radical (unpaired) electrons. The molecule has 0 saturated carbocycles. The number of ether oxygens (including phenoxy) is 1. The van der Waals surface area contributed by atoms with Crippen molar-refractivity contribution in [3.63, 3.8) is 0 Å². The molecule has 0 atom stereocenters. The largest absolute Gasteiger partial charge is 0.494 e. The second-order valence-electron chi connectivity index (χ2n) is 6.97. The van der Waals surface area contributed by atoms with E-state index in [1.807, 2.05) is 61.8 Å². The Hall–Kier alpha value is -3.58. The van der Waals surface area contributed by atoms with E-state index in [4.69, 9.17) is 4.74 Å². The summed E-state index contributed by atoms with van der Waals surface area (Å²) in [7, 11) is 0. The number of nitrogens with zero attached hydrogens (tertiary/aromatic N) is 4. The van der Waals surface area contributed by atoms with Crippen LogP contribution in [0.3, 0.4) is 0 Å². The Labute approximate surface area is 184 Å². The number of para-hydroxylation sites is 1. The smallest absolute Gasteiger partial charge is 0.196 e. The van der Waals surface area contributed by atoms with Crippen molar-refractivity contribution in [3.05, 3.63) is 84.8 Å². The monoisotopic (exact) mass is 427 g/mol. The molecule has 1 N–H and O–H groups in total. The number of rotatable bonds is 7. The number of hydrogen-bond donors (Lipinski definition) is 1. The first-order valence-electron chi connectivity index (χ1n) is 10.1. The summed E-state index contributed by atoms with van der Waals surface area (Å²) in [6.07, 6.45) is 5.66. The van der Waals surface area contributed by atoms with Crippen molar-refractivity contribution < 1.29 is 4.74 Å². The molecule has 0 fully saturated rings. The van der Waals surface area contributed by atoms with Gasteiger partial charge in [0.15, 0.2) is 11.0 Å². The van der Waals surface area contributed by atoms with Crippen molar-refractivity contribution in [3.8, 4) is 22.8 Å². The average Bonchev–Trinajstić information content (AvgIpc) is 3.43. The first-order chi connectivity index (χ1) is 15.3. The normalized spacial score (nSPS) is 11.1. The van der Waals surface area contributed by atoms with Crippen LogP contribution in [-0.4, -0.2) is 31.3 Å². The van der Waals surface area contributed by atoms with Gasteiger partial charge in [-0.15, -0.1) is 10.2 Å². The maximum atomic E-state index is 5.62. The van der Waals surface area contributed by atoms with Gasteiger partial charge in [0.05, 0.1) is 6.61 Å². The topological polar surface area (TPSA) is 68.6 Å². The Bertz CT molecular complexity index is 1290. The summed E-state index contributed by atoms with van der Waals surface area (Å²) in [6, 6.07) is 20.3. The molecule has 0 unspecified atom stereocenters. The summed E-state index contributed by atoms with van der Waals surface area (Å²) >= 11 is 1.64. The molecule has 0 bridgehead atoms. The highest BCUT2D eigenvalue weighted by Gasteiger charge is 2.19. The molecule has 3 aromatic heterocycles. The van der Waals surface area contributed by atoms with Crippen molar-refractivity contribution in [2.45, 2.75) is 17.8 Å². The number of benzene rings is 2. The van der Waals surface area contributed by atoms with Crippen molar-refractivity contribution in [2.24, 2.45) is 0 Å². The van der Waals surface area contributed by atoms with Gasteiger partial charge >= 0.3 is 0 Å². The number of nitrogens with one attached hydrogen (secondary N) is 1. The highest BCUT2D eigenvalue weighted by Crippen LogP contribution is 2.33. The molecule has 0 saturated heterocycles. The van der Waals surface area contributed by atoms with E-state index < -0.39 is 0 Å². The molecule has 0 amide bonds. The van der Waals surface area contributed by atoms with Crippen LogP contribution in [0.25, 0.3) is 28.0 Å². The van der Waals surface area contributed by atoms with Gasteiger partial charge < -0.3 is 9.72 Å². The van der Waals surface area contributed by atoms with E-state index in [9.17, 15) is 0 Å². The van der Waals surface area contributed by atoms with Gasteiger partial charge in [0.2, 0.25) is 0 Å². The second kappa shape index (κ2) is 8.65. The van der Waals surface area contributed by atoms with Crippen molar-refractivity contribution in [2.75, 3.05) is 6.61 Å². The summed E-state index contributed by atoms with van der Waals surface area (Å²) in [5.41, 5.74) is 4.22. The van der Waals surface area contributed by atoms with Crippen molar-refractivity contribution in [1.29, 1.82) is 0 Å². The quantitative estimate of drug-likeness (QED) is 0.347. The van der Waals surface area contributed by atoms with Gasteiger partial charge in [-0.25, -0.2) is 0 Å². The van der Waals surface area contributed by atoms with Crippen LogP contribution in [0, 0.1) is 0 Å². The second-order valence-corrected chi connectivity index (χ2v) is 7.91. The van der Waals surface area contributed by atoms with E-state index in [1.54, 1.807) is 18.0 Å². The zero-order valence-corrected chi connectivity index (χ0v) is 17.8. The van der Waals surface area contributed by atoms with Crippen LogP contribution in [0.2, 0.25) is 0 Å². The Morgan fingerprint density at radius 3 is 2.68 bits per heavy atom. The highest BCUT2D eigenvalue weighted by atomic mass is 32.2. The SMILES string of the molecule is CCOc1ccc(-n2c(SCc3cccnc3)nnc2-c2c[nH]c3ccccc23)cc1. The summed E-state index contributed by atoms with van der Waals surface area (Å²) < 4.78 is 7.72. The minimum atomic E-state index is 0.638. The Morgan fingerprint density at radius 2 is 1.87 bits per heavy atom. The summed E-state index contributed by atoms with van der Waals surface area (Å²) in [4.78, 5) is 7.55. The van der Waals surface area contributed by atoms with Gasteiger partial charge in [0.25, 0.3) is 0 Å². The first kappa shape index (κ1) is 19.4. The molecule has 5 aromatic rings. The zero-order chi connectivity index (χ0) is 21.0. The number of hydrogen-bond acceptors (Lipinski definition) is 5. The van der Waals surface area contributed by atoms with Crippen molar-refractivity contribution in [1.82, 2.24) is 24.7 Å². The molecule has 0 aliphatic heterocycles. The van der Waals surface area contributed by atoms with E-state index in [-0.39, 0.29) is 0 Å². The van der Waals surface area contributed by atoms with Crippen LogP contribution >= 0.6 is 11.8 Å². The summed E-state index contributed by atoms with van der Waals surface area (Å²) in [6.45, 7) is 2.62. The highest BCUT2D eigenvalue weighted by molar-refractivity contribution is 7.98. The van der Waals surface area contributed by atoms with Gasteiger partial charge in [-0.1, -0.05) is 36.0 Å². The number of aromatic nitrogens is 5. The minimum Gasteiger partial charge on any atom is -0.494 e. The van der Waals surface area contributed by atoms with Crippen LogP contribution in [-0.2, 0) is 5.75 Å². The lowest BCUT2D eigenvalue weighted by atomic mass is 10.1. The summed E-state index contributed by atoms with van der Waals surface area (Å²) in [5, 5.41) is 11.1. The lowest BCUT2D eigenvalue weighted by molar-refractivity contribution is 0.340. The van der Waals surface area contributed by atoms with Gasteiger partial charge in [0.1, 0.15) is 5.75 Å². The maximum Gasteiger partial charge on any atom is 0.196 e. The van der Waals surface area contributed by atoms with Gasteiger partial charge in [-0.3, -0.25) is 9.55 Å². The predicted molar refractivity (Wildman–Crippen MR) is 124 cm³/mol. The van der Waals surface area contributed by atoms with Crippen LogP contribution in [0.4, 0.5) is 0 Å². The lowest BCUT2D eigenvalue weighted by Gasteiger charge is -2.11. The molecule has 7 heteroatoms. The minimum absolute atomic E-state index is 0.638. The molecule has 31 heavy (non-hydrogen) atoms. The van der Waals surface area contributed by atoms with Crippen LogP contribution < -0.4 is 4.74 Å². The lowest BCUT2D eigenvalue weighted by Crippen LogP contribution is -2.00. The van der Waals surface area contributed by atoms with Crippen molar-refractivity contribution >= 4 is 22.7 Å². The van der Waals surface area contributed by atoms with Crippen LogP contribution in [0.1, 0.15) is 12.5 Å². The molecule has 0 aliphatic carbocycles. The standard InChI is InChI=1S/C24H21N5OS/c1-2-30-19-11-9-18(10-12-19)29-23(21-15-26-22-8-4-3-7-20(21)22)27-28-24(29)31-16-17-6-5-13-25-14-17/h3-15,26H,2,16H2,1H3. The molecular weight excluding hydrogens is 406 g/mol. The molecule has 3 heterocycles. The van der Waals surface area contributed by atoms with E-state index >= 15 is 0 Å². The van der Waals surface area contributed by atoms with E-state index in [1.165, 1.54) is 0 Å². The number of H-pyrrole nitrogens is 1. The molecule has 0 spiro atoms. The Kier molecular flexibility index (Phi) is 5.41. The number of aromatic amines is 1. The van der Waals surface area contributed by atoms with E-state index in [2.05, 4.69) is 42.9 Å². The number of fused-ring (bicyclic) bond motifs is 1. The van der Waals surface area contributed by atoms with Crippen LogP contribution in [0.15, 0.2) is 84.4 Å². The van der Waals surface area contributed by atoms with E-state index in [0.717, 1.165) is 50.2 Å².